The monoisotopic (exact) mass is 511 g/mol. The van der Waals surface area contributed by atoms with Gasteiger partial charge in [-0.05, 0) is 39.1 Å². The van der Waals surface area contributed by atoms with Crippen molar-refractivity contribution in [1.29, 1.82) is 0 Å². The Morgan fingerprint density at radius 2 is 0.775 bits per heavy atom. The summed E-state index contributed by atoms with van der Waals surface area (Å²) < 4.78 is 0. The van der Waals surface area contributed by atoms with Gasteiger partial charge >= 0.3 is 0 Å². The minimum absolute atomic E-state index is 0.649. The topological polar surface area (TPSA) is 38.7 Å². The number of hydrogen-bond acceptors (Lipinski definition) is 3. The molecule has 1 heterocycles. The zero-order valence-electron chi connectivity index (χ0n) is 21.8. The Hall–Kier alpha value is -5.41. The normalized spacial score (nSPS) is 11.0. The summed E-state index contributed by atoms with van der Waals surface area (Å²) in [6.45, 7) is 0. The van der Waals surface area contributed by atoms with E-state index in [0.717, 1.165) is 33.0 Å². The van der Waals surface area contributed by atoms with Crippen LogP contribution in [0.4, 0.5) is 0 Å². The smallest absolute Gasteiger partial charge is 0.164 e. The lowest BCUT2D eigenvalue weighted by atomic mass is 9.94. The molecule has 188 valence electrons. The van der Waals surface area contributed by atoms with E-state index < -0.39 is 0 Å². The predicted octanol–water partition coefficient (Wildman–Crippen LogP) is 9.36. The summed E-state index contributed by atoms with van der Waals surface area (Å²) >= 11 is 0. The molecule has 6 aromatic carbocycles. The van der Waals surface area contributed by atoms with Gasteiger partial charge in [0.15, 0.2) is 17.5 Å². The van der Waals surface area contributed by atoms with Crippen LogP contribution < -0.4 is 0 Å². The fourth-order valence-electron chi connectivity index (χ4n) is 5.19. The summed E-state index contributed by atoms with van der Waals surface area (Å²) in [4.78, 5) is 15.0. The van der Waals surface area contributed by atoms with Gasteiger partial charge in [-0.3, -0.25) is 0 Å². The van der Waals surface area contributed by atoms with Gasteiger partial charge in [-0.2, -0.15) is 0 Å². The second kappa shape index (κ2) is 10.4. The fourth-order valence-corrected chi connectivity index (χ4v) is 5.19. The molecule has 7 rings (SSSR count). The van der Waals surface area contributed by atoms with Gasteiger partial charge in [0.1, 0.15) is 0 Å². The fraction of sp³-hybridized carbons (Fsp3) is 0. The third-order valence-corrected chi connectivity index (χ3v) is 7.14. The predicted molar refractivity (Wildman–Crippen MR) is 165 cm³/mol. The molecule has 7 aromatic rings. The molecule has 0 radical (unpaired) electrons. The molecule has 0 fully saturated rings. The number of rotatable bonds is 5. The van der Waals surface area contributed by atoms with Crippen LogP contribution in [0.1, 0.15) is 0 Å². The average molecular weight is 512 g/mol. The Kier molecular flexibility index (Phi) is 6.15. The van der Waals surface area contributed by atoms with E-state index in [9.17, 15) is 0 Å². The van der Waals surface area contributed by atoms with Crippen LogP contribution in [0.15, 0.2) is 152 Å². The SMILES string of the molecule is c1ccc(-c2nc(-c3cccc(-c4ccccc4-c4ccccc4)c3)nc(-c3cccc4ccccc34)n2)cc1. The molecule has 3 heteroatoms. The molecule has 0 aliphatic heterocycles. The van der Waals surface area contributed by atoms with Crippen LogP contribution in [0.5, 0.6) is 0 Å². The van der Waals surface area contributed by atoms with E-state index in [1.165, 1.54) is 16.7 Å². The summed E-state index contributed by atoms with van der Waals surface area (Å²) in [5.41, 5.74) is 7.56. The molecular formula is C37H25N3. The summed E-state index contributed by atoms with van der Waals surface area (Å²) in [6, 6.07) is 52.2. The molecule has 0 unspecified atom stereocenters. The third-order valence-electron chi connectivity index (χ3n) is 7.14. The molecule has 0 amide bonds. The van der Waals surface area contributed by atoms with Gasteiger partial charge < -0.3 is 0 Å². The highest BCUT2D eigenvalue weighted by molar-refractivity contribution is 5.95. The highest BCUT2D eigenvalue weighted by Gasteiger charge is 2.15. The standard InChI is InChI=1S/C37H25N3/c1-3-13-26(14-4-1)31-21-9-10-23-33(31)29-19-11-20-30(25-29)36-38-35(28-16-5-2-6-17-28)39-37(40-36)34-24-12-18-27-15-7-8-22-32(27)34/h1-25H. The lowest BCUT2D eigenvalue weighted by Crippen LogP contribution is -2.00. The molecule has 0 atom stereocenters. The maximum absolute atomic E-state index is 5.04. The first kappa shape index (κ1) is 23.7. The third kappa shape index (κ3) is 4.55. The molecule has 0 spiro atoms. The summed E-state index contributed by atoms with van der Waals surface area (Å²) in [6.07, 6.45) is 0. The first-order chi connectivity index (χ1) is 19.8. The van der Waals surface area contributed by atoms with Gasteiger partial charge in [0.2, 0.25) is 0 Å². The zero-order chi connectivity index (χ0) is 26.7. The van der Waals surface area contributed by atoms with E-state index in [2.05, 4.69) is 115 Å². The highest BCUT2D eigenvalue weighted by Crippen LogP contribution is 2.35. The largest absolute Gasteiger partial charge is 0.208 e. The van der Waals surface area contributed by atoms with Crippen LogP contribution in [-0.2, 0) is 0 Å². The van der Waals surface area contributed by atoms with Crippen molar-refractivity contribution >= 4 is 10.8 Å². The van der Waals surface area contributed by atoms with Crippen molar-refractivity contribution in [3.05, 3.63) is 152 Å². The van der Waals surface area contributed by atoms with Gasteiger partial charge in [0.25, 0.3) is 0 Å². The number of aromatic nitrogens is 3. The van der Waals surface area contributed by atoms with E-state index in [0.29, 0.717) is 17.5 Å². The van der Waals surface area contributed by atoms with Crippen molar-refractivity contribution < 1.29 is 0 Å². The first-order valence-electron chi connectivity index (χ1n) is 13.4. The molecule has 0 bridgehead atoms. The lowest BCUT2D eigenvalue weighted by molar-refractivity contribution is 1.08. The van der Waals surface area contributed by atoms with Crippen molar-refractivity contribution in [3.63, 3.8) is 0 Å². The maximum atomic E-state index is 5.04. The molecule has 40 heavy (non-hydrogen) atoms. The molecule has 0 aliphatic carbocycles. The van der Waals surface area contributed by atoms with Gasteiger partial charge in [0.05, 0.1) is 0 Å². The summed E-state index contributed by atoms with van der Waals surface area (Å²) in [5, 5.41) is 2.27. The van der Waals surface area contributed by atoms with Crippen LogP contribution >= 0.6 is 0 Å². The molecule has 0 N–H and O–H groups in total. The van der Waals surface area contributed by atoms with Crippen LogP contribution in [0.2, 0.25) is 0 Å². The van der Waals surface area contributed by atoms with E-state index in [4.69, 9.17) is 15.0 Å². The molecule has 3 nitrogen and oxygen atoms in total. The molecule has 0 saturated heterocycles. The molecule has 0 aliphatic rings. The Balaban J connectivity index is 1.41. The van der Waals surface area contributed by atoms with Crippen LogP contribution in [-0.4, -0.2) is 15.0 Å². The molecular weight excluding hydrogens is 486 g/mol. The van der Waals surface area contributed by atoms with Crippen molar-refractivity contribution in [1.82, 2.24) is 15.0 Å². The average Bonchev–Trinajstić information content (AvgIpc) is 3.05. The van der Waals surface area contributed by atoms with Crippen LogP contribution in [0.3, 0.4) is 0 Å². The Morgan fingerprint density at radius 3 is 1.55 bits per heavy atom. The minimum atomic E-state index is 0.649. The van der Waals surface area contributed by atoms with Gasteiger partial charge in [-0.25, -0.2) is 15.0 Å². The summed E-state index contributed by atoms with van der Waals surface area (Å²) in [5.74, 6) is 1.97. The van der Waals surface area contributed by atoms with Gasteiger partial charge in [-0.15, -0.1) is 0 Å². The van der Waals surface area contributed by atoms with Crippen molar-refractivity contribution in [3.8, 4) is 56.4 Å². The van der Waals surface area contributed by atoms with Gasteiger partial charge in [0, 0.05) is 16.7 Å². The Morgan fingerprint density at radius 1 is 0.300 bits per heavy atom. The van der Waals surface area contributed by atoms with Crippen LogP contribution in [0.25, 0.3) is 67.2 Å². The van der Waals surface area contributed by atoms with Crippen molar-refractivity contribution in [2.24, 2.45) is 0 Å². The van der Waals surface area contributed by atoms with Crippen molar-refractivity contribution in [2.75, 3.05) is 0 Å². The van der Waals surface area contributed by atoms with E-state index in [1.54, 1.807) is 0 Å². The lowest BCUT2D eigenvalue weighted by Gasteiger charge is -2.13. The Bertz CT molecular complexity index is 1940. The highest BCUT2D eigenvalue weighted by atomic mass is 15.0. The van der Waals surface area contributed by atoms with Crippen LogP contribution in [0, 0.1) is 0 Å². The first-order valence-corrected chi connectivity index (χ1v) is 13.4. The Labute approximate surface area is 233 Å². The number of fused-ring (bicyclic) bond motifs is 1. The number of hydrogen-bond donors (Lipinski definition) is 0. The second-order valence-corrected chi connectivity index (χ2v) is 9.69. The zero-order valence-corrected chi connectivity index (χ0v) is 21.8. The summed E-state index contributed by atoms with van der Waals surface area (Å²) in [7, 11) is 0. The number of nitrogens with zero attached hydrogens (tertiary/aromatic N) is 3. The number of benzene rings is 6. The van der Waals surface area contributed by atoms with Crippen molar-refractivity contribution in [2.45, 2.75) is 0 Å². The molecule has 1 aromatic heterocycles. The maximum Gasteiger partial charge on any atom is 0.164 e. The minimum Gasteiger partial charge on any atom is -0.208 e. The van der Waals surface area contributed by atoms with E-state index in [-0.39, 0.29) is 0 Å². The van der Waals surface area contributed by atoms with E-state index >= 15 is 0 Å². The second-order valence-electron chi connectivity index (χ2n) is 9.69. The van der Waals surface area contributed by atoms with Gasteiger partial charge in [-0.1, -0.05) is 146 Å². The molecule has 0 saturated carbocycles. The quantitative estimate of drug-likeness (QED) is 0.231. The van der Waals surface area contributed by atoms with E-state index in [1.807, 2.05) is 36.4 Å².